The number of sulfonamides is 1. The number of nitrogens with zero attached hydrogens (tertiary/aromatic N) is 2. The van der Waals surface area contributed by atoms with E-state index >= 15 is 0 Å². The number of rotatable bonds is 3. The molecule has 1 atom stereocenters. The number of nitrogens with one attached hydrogen (secondary N) is 1. The van der Waals surface area contributed by atoms with E-state index in [1.165, 1.54) is 11.3 Å². The largest absolute Gasteiger partial charge is 0.312 e. The van der Waals surface area contributed by atoms with E-state index in [4.69, 9.17) is 0 Å². The fourth-order valence-electron chi connectivity index (χ4n) is 2.32. The second-order valence-corrected chi connectivity index (χ2v) is 9.40. The standard InChI is InChI=1S/C13H17N3O2S3.ClH/c1-9-7-16(6-5-14-9)21(17,18)13-4-3-12(20-13)11-8-19-10(2)15-11;/h3-4,8-9,14H,5-7H2,1-2H3;1H. The summed E-state index contributed by atoms with van der Waals surface area (Å²) in [5.41, 5.74) is 0.859. The summed E-state index contributed by atoms with van der Waals surface area (Å²) in [4.78, 5) is 5.32. The minimum Gasteiger partial charge on any atom is -0.312 e. The smallest absolute Gasteiger partial charge is 0.252 e. The molecule has 0 spiro atoms. The van der Waals surface area contributed by atoms with E-state index in [0.29, 0.717) is 23.8 Å². The van der Waals surface area contributed by atoms with Crippen molar-refractivity contribution in [1.82, 2.24) is 14.6 Å². The van der Waals surface area contributed by atoms with E-state index in [0.717, 1.165) is 15.6 Å². The van der Waals surface area contributed by atoms with E-state index in [2.05, 4.69) is 10.3 Å². The summed E-state index contributed by atoms with van der Waals surface area (Å²) in [6.07, 6.45) is 0. The molecule has 0 radical (unpaired) electrons. The minimum atomic E-state index is -3.39. The van der Waals surface area contributed by atoms with Gasteiger partial charge in [0.15, 0.2) is 0 Å². The van der Waals surface area contributed by atoms with Gasteiger partial charge >= 0.3 is 0 Å². The van der Waals surface area contributed by atoms with Crippen molar-refractivity contribution in [1.29, 1.82) is 0 Å². The molecule has 0 aliphatic carbocycles. The molecule has 1 N–H and O–H groups in total. The zero-order valence-corrected chi connectivity index (χ0v) is 15.5. The van der Waals surface area contributed by atoms with Gasteiger partial charge in [-0.05, 0) is 26.0 Å². The van der Waals surface area contributed by atoms with Gasteiger partial charge in [0.2, 0.25) is 0 Å². The summed E-state index contributed by atoms with van der Waals surface area (Å²) in [6.45, 7) is 5.69. The number of piperazine rings is 1. The normalized spacial score (nSPS) is 19.8. The SMILES string of the molecule is Cc1nc(-c2ccc(S(=O)(=O)N3CCNC(C)C3)s2)cs1.Cl. The molecule has 2 aromatic rings. The van der Waals surface area contributed by atoms with Gasteiger partial charge < -0.3 is 5.32 Å². The summed E-state index contributed by atoms with van der Waals surface area (Å²) >= 11 is 2.87. The summed E-state index contributed by atoms with van der Waals surface area (Å²) in [7, 11) is -3.39. The Balaban J connectivity index is 0.00000176. The number of aromatic nitrogens is 1. The average Bonchev–Trinajstić information content (AvgIpc) is 3.07. The molecule has 0 amide bonds. The fourth-order valence-corrected chi connectivity index (χ4v) is 5.95. The Morgan fingerprint density at radius 3 is 2.82 bits per heavy atom. The highest BCUT2D eigenvalue weighted by atomic mass is 35.5. The van der Waals surface area contributed by atoms with Crippen LogP contribution < -0.4 is 5.32 Å². The van der Waals surface area contributed by atoms with Crippen LogP contribution in [0, 0.1) is 6.92 Å². The first kappa shape index (κ1) is 17.8. The zero-order chi connectivity index (χ0) is 15.0. The minimum absolute atomic E-state index is 0. The molecule has 0 aromatic carbocycles. The summed E-state index contributed by atoms with van der Waals surface area (Å²) < 4.78 is 27.3. The molecule has 1 fully saturated rings. The van der Waals surface area contributed by atoms with Crippen molar-refractivity contribution in [3.8, 4) is 10.6 Å². The zero-order valence-electron chi connectivity index (χ0n) is 12.3. The molecule has 3 rings (SSSR count). The maximum absolute atomic E-state index is 12.7. The monoisotopic (exact) mass is 379 g/mol. The Hall–Kier alpha value is -0.510. The Kier molecular flexibility index (Phi) is 5.63. The fraction of sp³-hybridized carbons (Fsp3) is 0.462. The molecule has 1 aliphatic heterocycles. The molecule has 2 aromatic heterocycles. The van der Waals surface area contributed by atoms with Gasteiger partial charge in [0.25, 0.3) is 10.0 Å². The highest BCUT2D eigenvalue weighted by Gasteiger charge is 2.29. The average molecular weight is 380 g/mol. The number of aryl methyl sites for hydroxylation is 1. The Morgan fingerprint density at radius 1 is 1.41 bits per heavy atom. The van der Waals surface area contributed by atoms with Crippen LogP contribution in [0.5, 0.6) is 0 Å². The van der Waals surface area contributed by atoms with Gasteiger partial charge in [-0.15, -0.1) is 35.1 Å². The third kappa shape index (κ3) is 3.52. The number of hydrogen-bond acceptors (Lipinski definition) is 6. The van der Waals surface area contributed by atoms with E-state index in [1.807, 2.05) is 25.3 Å². The highest BCUT2D eigenvalue weighted by Crippen LogP contribution is 2.33. The van der Waals surface area contributed by atoms with Crippen molar-refractivity contribution in [2.45, 2.75) is 24.1 Å². The molecule has 22 heavy (non-hydrogen) atoms. The molecule has 1 unspecified atom stereocenters. The maximum atomic E-state index is 12.7. The third-order valence-corrected chi connectivity index (χ3v) is 7.59. The van der Waals surface area contributed by atoms with Crippen LogP contribution in [0.3, 0.4) is 0 Å². The van der Waals surface area contributed by atoms with Crippen LogP contribution in [-0.2, 0) is 10.0 Å². The van der Waals surface area contributed by atoms with Crippen LogP contribution in [-0.4, -0.2) is 43.4 Å². The van der Waals surface area contributed by atoms with Gasteiger partial charge in [0.1, 0.15) is 4.21 Å². The number of thiophene rings is 1. The van der Waals surface area contributed by atoms with Gasteiger partial charge in [-0.25, -0.2) is 13.4 Å². The first-order valence-corrected chi connectivity index (χ1v) is 9.86. The van der Waals surface area contributed by atoms with Gasteiger partial charge in [0.05, 0.1) is 15.6 Å². The van der Waals surface area contributed by atoms with E-state index in [1.54, 1.807) is 21.7 Å². The Labute approximate surface area is 144 Å². The molecule has 0 saturated carbocycles. The summed E-state index contributed by atoms with van der Waals surface area (Å²) in [6, 6.07) is 3.73. The van der Waals surface area contributed by atoms with Crippen molar-refractivity contribution < 1.29 is 8.42 Å². The van der Waals surface area contributed by atoms with Gasteiger partial charge in [-0.1, -0.05) is 0 Å². The van der Waals surface area contributed by atoms with Crippen LogP contribution in [0.2, 0.25) is 0 Å². The third-order valence-electron chi connectivity index (χ3n) is 3.38. The van der Waals surface area contributed by atoms with Crippen LogP contribution >= 0.6 is 35.1 Å². The molecule has 1 saturated heterocycles. The molecule has 9 heteroatoms. The lowest BCUT2D eigenvalue weighted by atomic mass is 10.3. The number of thiazole rings is 1. The molecular weight excluding hydrogens is 362 g/mol. The van der Waals surface area contributed by atoms with E-state index in [-0.39, 0.29) is 18.4 Å². The van der Waals surface area contributed by atoms with Gasteiger partial charge in [0, 0.05) is 31.1 Å². The predicted octanol–water partition coefficient (Wildman–Crippen LogP) is 2.58. The lowest BCUT2D eigenvalue weighted by Crippen LogP contribution is -2.51. The lowest BCUT2D eigenvalue weighted by molar-refractivity contribution is 0.311. The van der Waals surface area contributed by atoms with Crippen LogP contribution in [0.15, 0.2) is 21.7 Å². The second kappa shape index (κ2) is 6.94. The van der Waals surface area contributed by atoms with Crippen molar-refractivity contribution in [2.75, 3.05) is 19.6 Å². The van der Waals surface area contributed by atoms with Gasteiger partial charge in [-0.3, -0.25) is 0 Å². The molecule has 3 heterocycles. The van der Waals surface area contributed by atoms with Crippen molar-refractivity contribution >= 4 is 45.1 Å². The van der Waals surface area contributed by atoms with E-state index < -0.39 is 10.0 Å². The lowest BCUT2D eigenvalue weighted by Gasteiger charge is -2.30. The molecule has 122 valence electrons. The summed E-state index contributed by atoms with van der Waals surface area (Å²) in [5, 5.41) is 6.21. The second-order valence-electron chi connectivity index (χ2n) is 5.09. The molecule has 1 aliphatic rings. The quantitative estimate of drug-likeness (QED) is 0.890. The Bertz CT molecular complexity index is 741. The number of halogens is 1. The topological polar surface area (TPSA) is 62.3 Å². The molecular formula is C13H18ClN3O2S3. The summed E-state index contributed by atoms with van der Waals surface area (Å²) in [5.74, 6) is 0. The highest BCUT2D eigenvalue weighted by molar-refractivity contribution is 7.91. The van der Waals surface area contributed by atoms with Crippen molar-refractivity contribution in [3.05, 3.63) is 22.5 Å². The van der Waals surface area contributed by atoms with Crippen LogP contribution in [0.1, 0.15) is 11.9 Å². The van der Waals surface area contributed by atoms with Crippen molar-refractivity contribution in [2.24, 2.45) is 0 Å². The molecule has 0 bridgehead atoms. The van der Waals surface area contributed by atoms with Crippen LogP contribution in [0.25, 0.3) is 10.6 Å². The first-order valence-electron chi connectivity index (χ1n) is 6.72. The van der Waals surface area contributed by atoms with Crippen molar-refractivity contribution in [3.63, 3.8) is 0 Å². The molecule has 5 nitrogen and oxygen atoms in total. The Morgan fingerprint density at radius 2 is 2.18 bits per heavy atom. The first-order chi connectivity index (χ1) is 9.96. The predicted molar refractivity (Wildman–Crippen MR) is 93.6 cm³/mol. The maximum Gasteiger partial charge on any atom is 0.252 e. The van der Waals surface area contributed by atoms with Gasteiger partial charge in [-0.2, -0.15) is 4.31 Å². The number of hydrogen-bond donors (Lipinski definition) is 1. The van der Waals surface area contributed by atoms with Crippen LogP contribution in [0.4, 0.5) is 0 Å². The van der Waals surface area contributed by atoms with E-state index in [9.17, 15) is 8.42 Å².